The fraction of sp³-hybridized carbons (Fsp3) is 0.231. The van der Waals surface area contributed by atoms with E-state index in [4.69, 9.17) is 0 Å². The van der Waals surface area contributed by atoms with E-state index >= 15 is 0 Å². The van der Waals surface area contributed by atoms with Gasteiger partial charge in [-0.3, -0.25) is 0 Å². The average molecular weight is 331 g/mol. The SMILES string of the molecule is C=CCS(C)(=O)=Nc1ccc(-c2noc(C(F)(F)F)n2)cc1. The fourth-order valence-corrected chi connectivity index (χ4v) is 2.69. The quantitative estimate of drug-likeness (QED) is 0.802. The molecule has 0 N–H and O–H groups in total. The first-order chi connectivity index (χ1) is 10.2. The van der Waals surface area contributed by atoms with Gasteiger partial charge in [-0.25, -0.2) is 4.21 Å². The molecule has 22 heavy (non-hydrogen) atoms. The molecule has 0 bridgehead atoms. The highest BCUT2D eigenvalue weighted by Crippen LogP contribution is 2.29. The second-order valence-corrected chi connectivity index (χ2v) is 6.91. The van der Waals surface area contributed by atoms with Gasteiger partial charge in [0.25, 0.3) is 0 Å². The smallest absolute Gasteiger partial charge is 0.329 e. The maximum atomic E-state index is 12.4. The molecule has 0 radical (unpaired) electrons. The van der Waals surface area contributed by atoms with Gasteiger partial charge in [-0.2, -0.15) is 22.5 Å². The van der Waals surface area contributed by atoms with Crippen molar-refractivity contribution in [2.75, 3.05) is 12.0 Å². The molecule has 9 heteroatoms. The first-order valence-electron chi connectivity index (χ1n) is 6.03. The van der Waals surface area contributed by atoms with Crippen LogP contribution in [0.5, 0.6) is 0 Å². The number of alkyl halides is 3. The molecule has 118 valence electrons. The van der Waals surface area contributed by atoms with E-state index in [0.717, 1.165) is 0 Å². The molecule has 0 saturated heterocycles. The second-order valence-electron chi connectivity index (χ2n) is 4.47. The first kappa shape index (κ1) is 16.2. The summed E-state index contributed by atoms with van der Waals surface area (Å²) in [5.74, 6) is -1.34. The van der Waals surface area contributed by atoms with Crippen molar-refractivity contribution in [3.05, 3.63) is 42.8 Å². The van der Waals surface area contributed by atoms with E-state index in [-0.39, 0.29) is 11.6 Å². The lowest BCUT2D eigenvalue weighted by molar-refractivity contribution is -0.159. The Kier molecular flexibility index (Phi) is 4.36. The minimum atomic E-state index is -4.68. The third kappa shape index (κ3) is 3.94. The summed E-state index contributed by atoms with van der Waals surface area (Å²) in [6, 6.07) is 6.00. The van der Waals surface area contributed by atoms with Crippen molar-refractivity contribution in [3.8, 4) is 11.4 Å². The molecule has 2 rings (SSSR count). The van der Waals surface area contributed by atoms with Crippen molar-refractivity contribution in [2.45, 2.75) is 6.18 Å². The number of halogens is 3. The summed E-state index contributed by atoms with van der Waals surface area (Å²) in [6.45, 7) is 3.51. The standard InChI is InChI=1S/C13H12F3N3O2S/c1-3-8-22(2,20)19-10-6-4-9(5-7-10)11-17-12(21-18-11)13(14,15)16/h3-7H,1,8H2,2H3. The van der Waals surface area contributed by atoms with Gasteiger partial charge in [0.15, 0.2) is 0 Å². The number of hydrogen-bond acceptors (Lipinski definition) is 5. The lowest BCUT2D eigenvalue weighted by Gasteiger charge is -2.01. The number of hydrogen-bond donors (Lipinski definition) is 0. The Bertz CT molecular complexity index is 788. The molecule has 0 aliphatic heterocycles. The van der Waals surface area contributed by atoms with Crippen molar-refractivity contribution in [1.29, 1.82) is 0 Å². The van der Waals surface area contributed by atoms with E-state index in [0.29, 0.717) is 11.3 Å². The van der Waals surface area contributed by atoms with Crippen molar-refractivity contribution >= 4 is 15.4 Å². The predicted octanol–water partition coefficient (Wildman–Crippen LogP) is 3.67. The summed E-state index contributed by atoms with van der Waals surface area (Å²) >= 11 is 0. The van der Waals surface area contributed by atoms with E-state index in [2.05, 4.69) is 25.6 Å². The summed E-state index contributed by atoms with van der Waals surface area (Å²) in [4.78, 5) is 3.28. The van der Waals surface area contributed by atoms with E-state index in [1.165, 1.54) is 36.6 Å². The molecule has 1 heterocycles. The van der Waals surface area contributed by atoms with Gasteiger partial charge in [-0.05, 0) is 24.3 Å². The molecule has 0 fully saturated rings. The molecule has 5 nitrogen and oxygen atoms in total. The number of benzene rings is 1. The summed E-state index contributed by atoms with van der Waals surface area (Å²) in [5, 5.41) is 3.28. The van der Waals surface area contributed by atoms with Gasteiger partial charge in [0, 0.05) is 17.6 Å². The minimum absolute atomic E-state index is 0.179. The normalized spacial score (nSPS) is 14.4. The highest BCUT2D eigenvalue weighted by molar-refractivity contribution is 7.93. The Morgan fingerprint density at radius 3 is 2.50 bits per heavy atom. The molecule has 1 aromatic heterocycles. The summed E-state index contributed by atoms with van der Waals surface area (Å²) in [5.41, 5.74) is 0.780. The van der Waals surface area contributed by atoms with Crippen LogP contribution in [0, 0.1) is 0 Å². The maximum Gasteiger partial charge on any atom is 0.471 e. The lowest BCUT2D eigenvalue weighted by atomic mass is 10.2. The van der Waals surface area contributed by atoms with Crippen LogP contribution in [0.25, 0.3) is 11.4 Å². The zero-order chi connectivity index (χ0) is 16.4. The van der Waals surface area contributed by atoms with Crippen molar-refractivity contribution < 1.29 is 21.9 Å². The topological polar surface area (TPSA) is 68.3 Å². The van der Waals surface area contributed by atoms with Crippen molar-refractivity contribution in [3.63, 3.8) is 0 Å². The van der Waals surface area contributed by atoms with Gasteiger partial charge in [-0.1, -0.05) is 11.2 Å². The molecule has 0 aliphatic carbocycles. The van der Waals surface area contributed by atoms with Crippen molar-refractivity contribution in [2.24, 2.45) is 4.36 Å². The van der Waals surface area contributed by atoms with E-state index in [9.17, 15) is 17.4 Å². The molecule has 1 aromatic carbocycles. The largest absolute Gasteiger partial charge is 0.471 e. The summed E-state index contributed by atoms with van der Waals surface area (Å²) < 4.78 is 57.4. The van der Waals surface area contributed by atoms with Crippen LogP contribution in [-0.2, 0) is 15.9 Å². The number of rotatable bonds is 4. The van der Waals surface area contributed by atoms with Crippen LogP contribution in [0.1, 0.15) is 5.89 Å². The molecule has 1 unspecified atom stereocenters. The van der Waals surface area contributed by atoms with E-state index in [1.54, 1.807) is 0 Å². The minimum Gasteiger partial charge on any atom is -0.329 e. The third-order valence-corrected chi connectivity index (χ3v) is 3.97. The van der Waals surface area contributed by atoms with Crippen LogP contribution in [0.15, 0.2) is 45.8 Å². The van der Waals surface area contributed by atoms with Gasteiger partial charge in [0.2, 0.25) is 5.82 Å². The summed E-state index contributed by atoms with van der Waals surface area (Å²) in [7, 11) is -2.42. The molecule has 2 aromatic rings. The second kappa shape index (κ2) is 5.91. The molecule has 0 aliphatic rings. The molecule has 0 saturated carbocycles. The molecular weight excluding hydrogens is 319 g/mol. The van der Waals surface area contributed by atoms with Crippen LogP contribution in [-0.4, -0.2) is 26.4 Å². The Morgan fingerprint density at radius 1 is 1.36 bits per heavy atom. The number of aromatic nitrogens is 2. The van der Waals surface area contributed by atoms with Gasteiger partial charge in [-0.15, -0.1) is 6.58 Å². The van der Waals surface area contributed by atoms with Crippen molar-refractivity contribution in [1.82, 2.24) is 10.1 Å². The van der Waals surface area contributed by atoms with E-state index < -0.39 is 21.8 Å². The Labute approximate surface area is 125 Å². The van der Waals surface area contributed by atoms with Crippen LogP contribution >= 0.6 is 0 Å². The highest BCUT2D eigenvalue weighted by Gasteiger charge is 2.38. The van der Waals surface area contributed by atoms with Gasteiger partial charge >= 0.3 is 12.1 Å². The van der Waals surface area contributed by atoms with Gasteiger partial charge < -0.3 is 4.52 Å². The molecule has 0 amide bonds. The molecular formula is C13H12F3N3O2S. The summed E-state index contributed by atoms with van der Waals surface area (Å²) in [6.07, 6.45) is -1.67. The maximum absolute atomic E-state index is 12.4. The molecule has 1 atom stereocenters. The number of nitrogens with zero attached hydrogens (tertiary/aromatic N) is 3. The average Bonchev–Trinajstić information content (AvgIpc) is 2.88. The zero-order valence-electron chi connectivity index (χ0n) is 11.5. The highest BCUT2D eigenvalue weighted by atomic mass is 32.2. The zero-order valence-corrected chi connectivity index (χ0v) is 12.3. The third-order valence-electron chi connectivity index (χ3n) is 2.52. The van der Waals surface area contributed by atoms with Crippen LogP contribution < -0.4 is 0 Å². The predicted molar refractivity (Wildman–Crippen MR) is 76.0 cm³/mol. The van der Waals surface area contributed by atoms with Crippen LogP contribution in [0.3, 0.4) is 0 Å². The fourth-order valence-electron chi connectivity index (χ4n) is 1.61. The monoisotopic (exact) mass is 331 g/mol. The van der Waals surface area contributed by atoms with E-state index in [1.807, 2.05) is 0 Å². The van der Waals surface area contributed by atoms with Gasteiger partial charge in [0.05, 0.1) is 15.4 Å². The Balaban J connectivity index is 2.28. The lowest BCUT2D eigenvalue weighted by Crippen LogP contribution is -2.04. The first-order valence-corrected chi connectivity index (χ1v) is 8.12. The Morgan fingerprint density at radius 2 is 2.00 bits per heavy atom. The molecule has 0 spiro atoms. The van der Waals surface area contributed by atoms with Crippen LogP contribution in [0.2, 0.25) is 0 Å². The Hall–Kier alpha value is -2.16. The van der Waals surface area contributed by atoms with Gasteiger partial charge in [0.1, 0.15) is 0 Å². The van der Waals surface area contributed by atoms with Crippen LogP contribution in [0.4, 0.5) is 18.9 Å².